The first-order valence-corrected chi connectivity index (χ1v) is 11.9. The lowest BCUT2D eigenvalue weighted by atomic mass is 9.98. The van der Waals surface area contributed by atoms with Crippen molar-refractivity contribution in [2.75, 3.05) is 13.2 Å². The standard InChI is InChI=1S/C27H34N2O5/c1-4-19(16-25(30)29(18(2)3)15-9-14-26(31)32)28-27(33)34-17-24-22-12-7-5-10-20(22)21-11-6-8-13-23(21)24/h5-8,10-13,18-19,24H,4,9,14-17H2,1-3H3,(H,28,33)(H,31,32)/t19-/m1/s1. The van der Waals surface area contributed by atoms with Gasteiger partial charge < -0.3 is 20.1 Å². The van der Waals surface area contributed by atoms with Gasteiger partial charge in [0.2, 0.25) is 5.91 Å². The van der Waals surface area contributed by atoms with Crippen LogP contribution in [-0.2, 0) is 14.3 Å². The zero-order valence-electron chi connectivity index (χ0n) is 20.1. The number of carbonyl (C=O) groups is 3. The number of carboxylic acid groups (broad SMARTS) is 1. The molecule has 7 nitrogen and oxygen atoms in total. The van der Waals surface area contributed by atoms with Gasteiger partial charge in [0, 0.05) is 37.4 Å². The molecule has 0 saturated carbocycles. The van der Waals surface area contributed by atoms with Gasteiger partial charge in [-0.15, -0.1) is 0 Å². The predicted octanol–water partition coefficient (Wildman–Crippen LogP) is 4.80. The highest BCUT2D eigenvalue weighted by molar-refractivity contribution is 5.80. The monoisotopic (exact) mass is 466 g/mol. The van der Waals surface area contributed by atoms with E-state index >= 15 is 0 Å². The van der Waals surface area contributed by atoms with E-state index in [9.17, 15) is 14.4 Å². The summed E-state index contributed by atoms with van der Waals surface area (Å²) in [5, 5.41) is 11.7. The summed E-state index contributed by atoms with van der Waals surface area (Å²) in [6.07, 6.45) is 0.605. The third kappa shape index (κ3) is 6.16. The molecule has 1 atom stereocenters. The lowest BCUT2D eigenvalue weighted by Crippen LogP contribution is -2.43. The minimum atomic E-state index is -0.875. The maximum Gasteiger partial charge on any atom is 0.407 e. The molecule has 0 radical (unpaired) electrons. The summed E-state index contributed by atoms with van der Waals surface area (Å²) < 4.78 is 5.61. The van der Waals surface area contributed by atoms with Crippen LogP contribution in [0.3, 0.4) is 0 Å². The molecule has 0 saturated heterocycles. The molecule has 7 heteroatoms. The summed E-state index contributed by atoms with van der Waals surface area (Å²) in [6.45, 7) is 6.31. The van der Waals surface area contributed by atoms with E-state index in [1.54, 1.807) is 4.90 Å². The zero-order chi connectivity index (χ0) is 24.7. The Morgan fingerprint density at radius 2 is 1.62 bits per heavy atom. The van der Waals surface area contributed by atoms with E-state index in [0.717, 1.165) is 11.1 Å². The van der Waals surface area contributed by atoms with E-state index < -0.39 is 12.1 Å². The number of hydrogen-bond acceptors (Lipinski definition) is 4. The van der Waals surface area contributed by atoms with E-state index in [2.05, 4.69) is 29.6 Å². The van der Waals surface area contributed by atoms with Crippen LogP contribution in [0.4, 0.5) is 4.79 Å². The number of carboxylic acids is 1. The van der Waals surface area contributed by atoms with Crippen molar-refractivity contribution in [1.82, 2.24) is 10.2 Å². The van der Waals surface area contributed by atoms with Crippen molar-refractivity contribution in [2.24, 2.45) is 0 Å². The molecule has 0 bridgehead atoms. The van der Waals surface area contributed by atoms with Gasteiger partial charge in [0.15, 0.2) is 0 Å². The van der Waals surface area contributed by atoms with Gasteiger partial charge in [-0.3, -0.25) is 9.59 Å². The molecule has 2 aromatic carbocycles. The topological polar surface area (TPSA) is 95.9 Å². The average molecular weight is 467 g/mol. The van der Waals surface area contributed by atoms with Gasteiger partial charge in [-0.05, 0) is 48.9 Å². The molecule has 2 amide bonds. The number of benzene rings is 2. The number of fused-ring (bicyclic) bond motifs is 3. The molecule has 0 aliphatic heterocycles. The van der Waals surface area contributed by atoms with E-state index in [-0.39, 0.29) is 43.4 Å². The van der Waals surface area contributed by atoms with E-state index in [1.807, 2.05) is 45.0 Å². The van der Waals surface area contributed by atoms with Crippen LogP contribution >= 0.6 is 0 Å². The number of rotatable bonds is 11. The molecule has 0 heterocycles. The highest BCUT2D eigenvalue weighted by atomic mass is 16.5. The fraction of sp³-hybridized carbons (Fsp3) is 0.444. The first kappa shape index (κ1) is 25.3. The number of nitrogens with zero attached hydrogens (tertiary/aromatic N) is 1. The largest absolute Gasteiger partial charge is 0.481 e. The lowest BCUT2D eigenvalue weighted by molar-refractivity contribution is -0.138. The highest BCUT2D eigenvalue weighted by Crippen LogP contribution is 2.44. The second-order valence-electron chi connectivity index (χ2n) is 8.96. The molecule has 1 aliphatic carbocycles. The van der Waals surface area contributed by atoms with Crippen molar-refractivity contribution in [3.05, 3.63) is 59.7 Å². The van der Waals surface area contributed by atoms with Crippen molar-refractivity contribution in [1.29, 1.82) is 0 Å². The summed E-state index contributed by atoms with van der Waals surface area (Å²) in [5.74, 6) is -1.00. The molecule has 0 spiro atoms. The summed E-state index contributed by atoms with van der Waals surface area (Å²) in [7, 11) is 0. The minimum Gasteiger partial charge on any atom is -0.481 e. The first-order valence-electron chi connectivity index (χ1n) is 11.9. The Kier molecular flexibility index (Phi) is 8.68. The number of carbonyl (C=O) groups excluding carboxylic acids is 2. The Bertz CT molecular complexity index is 974. The highest BCUT2D eigenvalue weighted by Gasteiger charge is 2.29. The quantitative estimate of drug-likeness (QED) is 0.496. The van der Waals surface area contributed by atoms with E-state index in [0.29, 0.717) is 19.4 Å². The van der Waals surface area contributed by atoms with Crippen molar-refractivity contribution in [3.8, 4) is 11.1 Å². The molecule has 0 fully saturated rings. The van der Waals surface area contributed by atoms with Crippen molar-refractivity contribution >= 4 is 18.0 Å². The maximum absolute atomic E-state index is 12.8. The molecular weight excluding hydrogens is 432 g/mol. The third-order valence-corrected chi connectivity index (χ3v) is 6.31. The molecule has 2 N–H and O–H groups in total. The predicted molar refractivity (Wildman–Crippen MR) is 131 cm³/mol. The summed E-state index contributed by atoms with van der Waals surface area (Å²) in [4.78, 5) is 37.9. The molecule has 1 aliphatic rings. The van der Waals surface area contributed by atoms with Gasteiger partial charge in [-0.1, -0.05) is 55.5 Å². The molecular formula is C27H34N2O5. The summed E-state index contributed by atoms with van der Waals surface area (Å²) in [5.41, 5.74) is 4.63. The number of ether oxygens (including phenoxy) is 1. The Hall–Kier alpha value is -3.35. The van der Waals surface area contributed by atoms with Gasteiger partial charge in [0.25, 0.3) is 0 Å². The van der Waals surface area contributed by atoms with Crippen LogP contribution in [0.2, 0.25) is 0 Å². The van der Waals surface area contributed by atoms with Crippen LogP contribution in [-0.4, -0.2) is 53.2 Å². The van der Waals surface area contributed by atoms with Crippen molar-refractivity contribution in [2.45, 2.75) is 64.5 Å². The Morgan fingerprint density at radius 3 is 2.15 bits per heavy atom. The SMILES string of the molecule is CC[C@H](CC(=O)N(CCCC(=O)O)C(C)C)NC(=O)OCC1c2ccccc2-c2ccccc21. The molecule has 2 aromatic rings. The molecule has 0 unspecified atom stereocenters. The van der Waals surface area contributed by atoms with Gasteiger partial charge in [-0.2, -0.15) is 0 Å². The summed E-state index contributed by atoms with van der Waals surface area (Å²) >= 11 is 0. The van der Waals surface area contributed by atoms with Gasteiger partial charge in [-0.25, -0.2) is 4.79 Å². The van der Waals surface area contributed by atoms with Crippen LogP contribution in [0.15, 0.2) is 48.5 Å². The minimum absolute atomic E-state index is 0.0195. The van der Waals surface area contributed by atoms with Crippen LogP contribution in [0.1, 0.15) is 63.5 Å². The first-order chi connectivity index (χ1) is 16.3. The van der Waals surface area contributed by atoms with Crippen LogP contribution < -0.4 is 5.32 Å². The molecule has 0 aromatic heterocycles. The second-order valence-corrected chi connectivity index (χ2v) is 8.96. The Morgan fingerprint density at radius 1 is 1.03 bits per heavy atom. The average Bonchev–Trinajstić information content (AvgIpc) is 3.13. The van der Waals surface area contributed by atoms with Gasteiger partial charge >= 0.3 is 12.1 Å². The van der Waals surface area contributed by atoms with E-state index in [1.165, 1.54) is 11.1 Å². The van der Waals surface area contributed by atoms with E-state index in [4.69, 9.17) is 9.84 Å². The molecule has 34 heavy (non-hydrogen) atoms. The Balaban J connectivity index is 1.56. The van der Waals surface area contributed by atoms with Crippen LogP contribution in [0.5, 0.6) is 0 Å². The number of amides is 2. The van der Waals surface area contributed by atoms with Crippen molar-refractivity contribution in [3.63, 3.8) is 0 Å². The lowest BCUT2D eigenvalue weighted by Gasteiger charge is -2.28. The Labute approximate surface area is 201 Å². The fourth-order valence-corrected chi connectivity index (χ4v) is 4.50. The summed E-state index contributed by atoms with van der Waals surface area (Å²) in [6, 6.07) is 15.9. The van der Waals surface area contributed by atoms with Crippen molar-refractivity contribution < 1.29 is 24.2 Å². The second kappa shape index (κ2) is 11.7. The fourth-order valence-electron chi connectivity index (χ4n) is 4.50. The van der Waals surface area contributed by atoms with Crippen LogP contribution in [0.25, 0.3) is 11.1 Å². The maximum atomic E-state index is 12.8. The van der Waals surface area contributed by atoms with Gasteiger partial charge in [0.1, 0.15) is 6.61 Å². The molecule has 3 rings (SSSR count). The molecule has 182 valence electrons. The smallest absolute Gasteiger partial charge is 0.407 e. The zero-order valence-corrected chi connectivity index (χ0v) is 20.1. The number of aliphatic carboxylic acids is 1. The van der Waals surface area contributed by atoms with Crippen LogP contribution in [0, 0.1) is 0 Å². The number of alkyl carbamates (subject to hydrolysis) is 1. The number of nitrogens with one attached hydrogen (secondary N) is 1. The third-order valence-electron chi connectivity index (χ3n) is 6.31. The number of hydrogen-bond donors (Lipinski definition) is 2. The van der Waals surface area contributed by atoms with Gasteiger partial charge in [0.05, 0.1) is 0 Å². The normalized spacial score (nSPS) is 13.2.